The summed E-state index contributed by atoms with van der Waals surface area (Å²) in [4.78, 5) is 12.6. The summed E-state index contributed by atoms with van der Waals surface area (Å²) in [5, 5.41) is 9.25. The number of carbonyl (C=O) groups is 1. The fourth-order valence-electron chi connectivity index (χ4n) is 3.13. The van der Waals surface area contributed by atoms with Crippen molar-refractivity contribution < 1.29 is 13.9 Å². The number of nitrogens with zero attached hydrogens (tertiary/aromatic N) is 3. The highest BCUT2D eigenvalue weighted by atomic mass is 32.2. The number of hydrogen-bond donors (Lipinski definition) is 0. The van der Waals surface area contributed by atoms with Crippen molar-refractivity contribution in [1.82, 2.24) is 14.8 Å². The molecule has 0 atom stereocenters. The number of carbonyl (C=O) groups excluding carboxylic acids is 1. The minimum atomic E-state index is -0.315. The second kappa shape index (κ2) is 9.57. The minimum Gasteiger partial charge on any atom is -0.497 e. The molecule has 0 saturated heterocycles. The van der Waals surface area contributed by atoms with E-state index >= 15 is 0 Å². The number of thioether (sulfide) groups is 1. The molecule has 0 saturated carbocycles. The highest BCUT2D eigenvalue weighted by Crippen LogP contribution is 2.25. The molecule has 0 radical (unpaired) electrons. The molecule has 156 valence electrons. The number of hydrogen-bond acceptors (Lipinski definition) is 5. The predicted octanol–water partition coefficient (Wildman–Crippen LogP) is 4.98. The van der Waals surface area contributed by atoms with Crippen LogP contribution in [-0.4, -0.2) is 33.4 Å². The fraction of sp³-hybridized carbons (Fsp3) is 0.125. The normalized spacial score (nSPS) is 10.8. The highest BCUT2D eigenvalue weighted by molar-refractivity contribution is 7.99. The van der Waals surface area contributed by atoms with Gasteiger partial charge in [-0.2, -0.15) is 0 Å². The Morgan fingerprint density at radius 1 is 0.968 bits per heavy atom. The lowest BCUT2D eigenvalue weighted by molar-refractivity contribution is 0.102. The van der Waals surface area contributed by atoms with E-state index in [4.69, 9.17) is 4.74 Å². The van der Waals surface area contributed by atoms with Crippen LogP contribution in [0.5, 0.6) is 5.75 Å². The Hall–Kier alpha value is -3.45. The van der Waals surface area contributed by atoms with Gasteiger partial charge in [0.05, 0.1) is 12.9 Å². The first-order valence-electron chi connectivity index (χ1n) is 9.68. The smallest absolute Gasteiger partial charge is 0.196 e. The number of ketones is 1. The maximum atomic E-state index is 13.5. The van der Waals surface area contributed by atoms with E-state index in [1.54, 1.807) is 43.5 Å². The SMILES string of the molecule is COc1ccc(C(=O)CSc2nnc(Cc3ccccc3)n2-c2ccc(F)cc2)cc1. The number of Topliss-reactive ketones (excluding diaryl/α,β-unsaturated/α-hetero) is 1. The van der Waals surface area contributed by atoms with Gasteiger partial charge in [-0.1, -0.05) is 42.1 Å². The van der Waals surface area contributed by atoms with Crippen molar-refractivity contribution >= 4 is 17.5 Å². The number of methoxy groups -OCH3 is 1. The lowest BCUT2D eigenvalue weighted by atomic mass is 10.1. The molecule has 31 heavy (non-hydrogen) atoms. The van der Waals surface area contributed by atoms with Crippen molar-refractivity contribution in [2.24, 2.45) is 0 Å². The number of benzene rings is 3. The van der Waals surface area contributed by atoms with Crippen molar-refractivity contribution in [3.63, 3.8) is 0 Å². The van der Waals surface area contributed by atoms with Gasteiger partial charge in [0, 0.05) is 17.7 Å². The Balaban J connectivity index is 1.59. The van der Waals surface area contributed by atoms with Gasteiger partial charge in [0.2, 0.25) is 0 Å². The van der Waals surface area contributed by atoms with Gasteiger partial charge in [-0.15, -0.1) is 10.2 Å². The molecule has 4 rings (SSSR count). The summed E-state index contributed by atoms with van der Waals surface area (Å²) in [5.74, 6) is 1.29. The van der Waals surface area contributed by atoms with Gasteiger partial charge >= 0.3 is 0 Å². The topological polar surface area (TPSA) is 57.0 Å². The van der Waals surface area contributed by atoms with Crippen LogP contribution in [0.25, 0.3) is 5.69 Å². The molecule has 0 amide bonds. The van der Waals surface area contributed by atoms with Crippen LogP contribution >= 0.6 is 11.8 Å². The number of rotatable bonds is 8. The zero-order valence-electron chi connectivity index (χ0n) is 16.9. The summed E-state index contributed by atoms with van der Waals surface area (Å²) in [6, 6.07) is 23.1. The maximum absolute atomic E-state index is 13.5. The van der Waals surface area contributed by atoms with Gasteiger partial charge in [0.1, 0.15) is 17.4 Å². The van der Waals surface area contributed by atoms with E-state index in [1.807, 2.05) is 34.9 Å². The first kappa shape index (κ1) is 20.8. The molecule has 0 aliphatic rings. The molecule has 5 nitrogen and oxygen atoms in total. The van der Waals surface area contributed by atoms with E-state index in [2.05, 4.69) is 10.2 Å². The van der Waals surface area contributed by atoms with Crippen LogP contribution in [0.4, 0.5) is 4.39 Å². The second-order valence-electron chi connectivity index (χ2n) is 6.81. The minimum absolute atomic E-state index is 0.0223. The first-order chi connectivity index (χ1) is 15.1. The molecule has 0 spiro atoms. The predicted molar refractivity (Wildman–Crippen MR) is 119 cm³/mol. The molecule has 3 aromatic carbocycles. The van der Waals surface area contributed by atoms with Crippen molar-refractivity contribution in [2.75, 3.05) is 12.9 Å². The van der Waals surface area contributed by atoms with E-state index in [1.165, 1.54) is 23.9 Å². The molecule has 0 unspecified atom stereocenters. The molecule has 0 N–H and O–H groups in total. The van der Waals surface area contributed by atoms with Crippen molar-refractivity contribution in [2.45, 2.75) is 11.6 Å². The zero-order chi connectivity index (χ0) is 21.6. The van der Waals surface area contributed by atoms with Gasteiger partial charge in [0.15, 0.2) is 10.9 Å². The van der Waals surface area contributed by atoms with Gasteiger partial charge in [-0.25, -0.2) is 4.39 Å². The second-order valence-corrected chi connectivity index (χ2v) is 7.76. The Morgan fingerprint density at radius 2 is 1.68 bits per heavy atom. The summed E-state index contributed by atoms with van der Waals surface area (Å²) in [6.07, 6.45) is 0.568. The molecule has 0 aliphatic carbocycles. The molecule has 0 bridgehead atoms. The summed E-state index contributed by atoms with van der Waals surface area (Å²) in [7, 11) is 1.59. The molecule has 0 aliphatic heterocycles. The number of aromatic nitrogens is 3. The number of halogens is 1. The zero-order valence-corrected chi connectivity index (χ0v) is 17.7. The monoisotopic (exact) mass is 433 g/mol. The third-order valence-electron chi connectivity index (χ3n) is 4.73. The lowest BCUT2D eigenvalue weighted by Crippen LogP contribution is -2.06. The van der Waals surface area contributed by atoms with E-state index in [9.17, 15) is 9.18 Å². The summed E-state index contributed by atoms with van der Waals surface area (Å²) < 4.78 is 20.5. The van der Waals surface area contributed by atoms with E-state index in [0.29, 0.717) is 22.9 Å². The summed E-state index contributed by atoms with van der Waals surface area (Å²) >= 11 is 1.31. The Morgan fingerprint density at radius 3 is 2.35 bits per heavy atom. The van der Waals surface area contributed by atoms with Gasteiger partial charge in [0.25, 0.3) is 0 Å². The Bertz CT molecular complexity index is 1160. The average Bonchev–Trinajstić information content (AvgIpc) is 3.21. The molecule has 0 fully saturated rings. The maximum Gasteiger partial charge on any atom is 0.196 e. The van der Waals surface area contributed by atoms with Gasteiger partial charge in [-0.3, -0.25) is 9.36 Å². The van der Waals surface area contributed by atoms with Crippen LogP contribution in [0.15, 0.2) is 84.0 Å². The lowest BCUT2D eigenvalue weighted by Gasteiger charge is -2.10. The highest BCUT2D eigenvalue weighted by Gasteiger charge is 2.17. The third kappa shape index (κ3) is 5.00. The van der Waals surface area contributed by atoms with Crippen molar-refractivity contribution in [3.8, 4) is 11.4 Å². The van der Waals surface area contributed by atoms with Gasteiger partial charge < -0.3 is 4.74 Å². The molecule has 1 heterocycles. The van der Waals surface area contributed by atoms with E-state index in [0.717, 1.165) is 17.1 Å². The Labute approximate surface area is 183 Å². The van der Waals surface area contributed by atoms with Crippen LogP contribution in [0.1, 0.15) is 21.7 Å². The first-order valence-corrected chi connectivity index (χ1v) is 10.7. The van der Waals surface area contributed by atoms with Crippen LogP contribution in [0.3, 0.4) is 0 Å². The van der Waals surface area contributed by atoms with Crippen LogP contribution in [0, 0.1) is 5.82 Å². The molecular formula is C24H20FN3O2S. The van der Waals surface area contributed by atoms with E-state index < -0.39 is 0 Å². The van der Waals surface area contributed by atoms with Crippen molar-refractivity contribution in [3.05, 3.63) is 102 Å². The van der Waals surface area contributed by atoms with Crippen LogP contribution in [-0.2, 0) is 6.42 Å². The standard InChI is InChI=1S/C24H20FN3O2S/c1-30-21-13-7-18(8-14-21)22(29)16-31-24-27-26-23(15-17-5-3-2-4-6-17)28(24)20-11-9-19(25)10-12-20/h2-14H,15-16H2,1H3. The fourth-order valence-corrected chi connectivity index (χ4v) is 3.99. The quantitative estimate of drug-likeness (QED) is 0.290. The largest absolute Gasteiger partial charge is 0.497 e. The van der Waals surface area contributed by atoms with Crippen LogP contribution < -0.4 is 4.74 Å². The van der Waals surface area contributed by atoms with Crippen LogP contribution in [0.2, 0.25) is 0 Å². The number of ether oxygens (including phenoxy) is 1. The third-order valence-corrected chi connectivity index (χ3v) is 5.66. The molecular weight excluding hydrogens is 413 g/mol. The average molecular weight is 434 g/mol. The summed E-state index contributed by atoms with van der Waals surface area (Å²) in [5.41, 5.74) is 2.44. The summed E-state index contributed by atoms with van der Waals surface area (Å²) in [6.45, 7) is 0. The molecule has 7 heteroatoms. The molecule has 1 aromatic heterocycles. The Kier molecular flexibility index (Phi) is 6.43. The van der Waals surface area contributed by atoms with Gasteiger partial charge in [-0.05, 0) is 54.1 Å². The van der Waals surface area contributed by atoms with Crippen molar-refractivity contribution in [1.29, 1.82) is 0 Å². The van der Waals surface area contributed by atoms with E-state index in [-0.39, 0.29) is 17.4 Å². The molecule has 4 aromatic rings.